The maximum Gasteiger partial charge on any atom is 0.277 e. The first-order chi connectivity index (χ1) is 15.1. The highest BCUT2D eigenvalue weighted by atomic mass is 35.5. The van der Waals surface area contributed by atoms with Gasteiger partial charge in [-0.3, -0.25) is 4.79 Å². The van der Waals surface area contributed by atoms with Crippen LogP contribution in [0.1, 0.15) is 11.5 Å². The van der Waals surface area contributed by atoms with Gasteiger partial charge in [0.1, 0.15) is 0 Å². The number of aromatic nitrogens is 2. The van der Waals surface area contributed by atoms with Crippen molar-refractivity contribution in [2.45, 2.75) is 11.6 Å². The van der Waals surface area contributed by atoms with E-state index in [4.69, 9.17) is 16.0 Å². The molecule has 1 amide bonds. The molecular formula is C22H24ClN5O2S. The Bertz CT molecular complexity index is 1020. The summed E-state index contributed by atoms with van der Waals surface area (Å²) in [5.41, 5.74) is 2.69. The first-order valence-electron chi connectivity index (χ1n) is 10.1. The first-order valence-corrected chi connectivity index (χ1v) is 11.5. The molecule has 162 valence electrons. The van der Waals surface area contributed by atoms with Gasteiger partial charge in [0.2, 0.25) is 11.8 Å². The van der Waals surface area contributed by atoms with E-state index in [1.807, 2.05) is 48.5 Å². The fourth-order valence-corrected chi connectivity index (χ4v) is 4.29. The van der Waals surface area contributed by atoms with Crippen molar-refractivity contribution in [3.05, 3.63) is 65.0 Å². The standard InChI is InChI=1S/C22H24ClN5O2S/c1-27-10-12-28(13-11-27)21-17(23)8-5-9-18(21)24-19(29)15-31-22-26-25-20(30-22)14-16-6-3-2-4-7-16/h2-9H,10-15H2,1H3,(H,24,29). The Balaban J connectivity index is 1.35. The molecule has 1 aromatic heterocycles. The third-order valence-electron chi connectivity index (χ3n) is 5.05. The number of halogens is 1. The van der Waals surface area contributed by atoms with E-state index in [1.54, 1.807) is 0 Å². The maximum absolute atomic E-state index is 12.6. The van der Waals surface area contributed by atoms with Crippen LogP contribution in [0.25, 0.3) is 0 Å². The summed E-state index contributed by atoms with van der Waals surface area (Å²) < 4.78 is 5.66. The minimum atomic E-state index is -0.148. The third kappa shape index (κ3) is 5.78. The monoisotopic (exact) mass is 457 g/mol. The molecule has 0 unspecified atom stereocenters. The van der Waals surface area contributed by atoms with Crippen LogP contribution in [0.15, 0.2) is 58.2 Å². The number of piperazine rings is 1. The topological polar surface area (TPSA) is 74.5 Å². The molecule has 2 aromatic carbocycles. The Morgan fingerprint density at radius 1 is 1.10 bits per heavy atom. The van der Waals surface area contributed by atoms with Crippen LogP contribution in [0, 0.1) is 0 Å². The minimum Gasteiger partial charge on any atom is -0.416 e. The highest BCUT2D eigenvalue weighted by Crippen LogP contribution is 2.34. The zero-order valence-corrected chi connectivity index (χ0v) is 18.8. The lowest BCUT2D eigenvalue weighted by atomic mass is 10.2. The van der Waals surface area contributed by atoms with Crippen LogP contribution in [0.2, 0.25) is 5.02 Å². The van der Waals surface area contributed by atoms with Crippen LogP contribution in [-0.4, -0.2) is 60.0 Å². The molecule has 2 heterocycles. The van der Waals surface area contributed by atoms with Crippen molar-refractivity contribution in [1.29, 1.82) is 0 Å². The fraction of sp³-hybridized carbons (Fsp3) is 0.318. The van der Waals surface area contributed by atoms with Gasteiger partial charge < -0.3 is 19.5 Å². The normalized spacial score (nSPS) is 14.6. The molecule has 1 aliphatic heterocycles. The summed E-state index contributed by atoms with van der Waals surface area (Å²) in [7, 11) is 2.10. The van der Waals surface area contributed by atoms with Crippen molar-refractivity contribution in [2.75, 3.05) is 49.2 Å². The van der Waals surface area contributed by atoms with Gasteiger partial charge in [0.25, 0.3) is 5.22 Å². The zero-order valence-electron chi connectivity index (χ0n) is 17.3. The average Bonchev–Trinajstić information content (AvgIpc) is 3.21. The summed E-state index contributed by atoms with van der Waals surface area (Å²) in [6.07, 6.45) is 0.567. The number of rotatable bonds is 7. The SMILES string of the molecule is CN1CCN(c2c(Cl)cccc2NC(=O)CSc2nnc(Cc3ccccc3)o2)CC1. The highest BCUT2D eigenvalue weighted by Gasteiger charge is 2.21. The van der Waals surface area contributed by atoms with Crippen molar-refractivity contribution in [3.8, 4) is 0 Å². The van der Waals surface area contributed by atoms with Crippen LogP contribution in [0.5, 0.6) is 0 Å². The van der Waals surface area contributed by atoms with Crippen molar-refractivity contribution in [3.63, 3.8) is 0 Å². The number of benzene rings is 2. The predicted octanol–water partition coefficient (Wildman–Crippen LogP) is 3.80. The number of hydrogen-bond acceptors (Lipinski definition) is 7. The van der Waals surface area contributed by atoms with Gasteiger partial charge in [-0.05, 0) is 24.7 Å². The molecule has 0 radical (unpaired) electrons. The second kappa shape index (κ2) is 10.2. The predicted molar refractivity (Wildman–Crippen MR) is 124 cm³/mol. The Kier molecular flexibility index (Phi) is 7.11. The minimum absolute atomic E-state index is 0.148. The number of nitrogens with one attached hydrogen (secondary N) is 1. The largest absolute Gasteiger partial charge is 0.416 e. The smallest absolute Gasteiger partial charge is 0.277 e. The second-order valence-electron chi connectivity index (χ2n) is 7.39. The third-order valence-corrected chi connectivity index (χ3v) is 6.18. The van der Waals surface area contributed by atoms with Crippen molar-refractivity contribution >= 4 is 40.6 Å². The molecule has 7 nitrogen and oxygen atoms in total. The number of anilines is 2. The molecule has 0 saturated carbocycles. The Morgan fingerprint density at radius 2 is 1.87 bits per heavy atom. The summed E-state index contributed by atoms with van der Waals surface area (Å²) >= 11 is 7.70. The van der Waals surface area contributed by atoms with Gasteiger partial charge in [-0.2, -0.15) is 0 Å². The Labute approximate surface area is 190 Å². The first kappa shape index (κ1) is 21.7. The van der Waals surface area contributed by atoms with Gasteiger partial charge in [-0.1, -0.05) is 59.8 Å². The quantitative estimate of drug-likeness (QED) is 0.541. The van der Waals surface area contributed by atoms with E-state index < -0.39 is 0 Å². The van der Waals surface area contributed by atoms with Gasteiger partial charge in [0, 0.05) is 26.2 Å². The summed E-state index contributed by atoms with van der Waals surface area (Å²) in [5.74, 6) is 0.550. The highest BCUT2D eigenvalue weighted by molar-refractivity contribution is 7.99. The summed E-state index contributed by atoms with van der Waals surface area (Å²) in [6, 6.07) is 15.5. The maximum atomic E-state index is 12.6. The molecular weight excluding hydrogens is 434 g/mol. The van der Waals surface area contributed by atoms with Gasteiger partial charge in [0.15, 0.2) is 0 Å². The van der Waals surface area contributed by atoms with E-state index in [1.165, 1.54) is 11.8 Å². The molecule has 9 heteroatoms. The van der Waals surface area contributed by atoms with E-state index in [-0.39, 0.29) is 11.7 Å². The lowest BCUT2D eigenvalue weighted by Gasteiger charge is -2.35. The molecule has 0 atom stereocenters. The lowest BCUT2D eigenvalue weighted by Crippen LogP contribution is -2.44. The van der Waals surface area contributed by atoms with E-state index in [9.17, 15) is 4.79 Å². The molecule has 0 bridgehead atoms. The molecule has 0 aliphatic carbocycles. The van der Waals surface area contributed by atoms with Gasteiger partial charge in [-0.25, -0.2) is 0 Å². The number of hydrogen-bond donors (Lipinski definition) is 1. The molecule has 0 spiro atoms. The average molecular weight is 458 g/mol. The van der Waals surface area contributed by atoms with Crippen molar-refractivity contribution in [1.82, 2.24) is 15.1 Å². The van der Waals surface area contributed by atoms with Crippen LogP contribution >= 0.6 is 23.4 Å². The van der Waals surface area contributed by atoms with Crippen LogP contribution in [0.4, 0.5) is 11.4 Å². The lowest BCUT2D eigenvalue weighted by molar-refractivity contribution is -0.113. The molecule has 1 aliphatic rings. The number of amides is 1. The molecule has 4 rings (SSSR count). The van der Waals surface area contributed by atoms with Gasteiger partial charge >= 0.3 is 0 Å². The molecule has 1 saturated heterocycles. The van der Waals surface area contributed by atoms with E-state index in [2.05, 4.69) is 32.4 Å². The van der Waals surface area contributed by atoms with E-state index >= 15 is 0 Å². The number of nitrogens with zero attached hydrogens (tertiary/aromatic N) is 4. The van der Waals surface area contributed by atoms with Crippen LogP contribution < -0.4 is 10.2 Å². The summed E-state index contributed by atoms with van der Waals surface area (Å²) in [4.78, 5) is 17.1. The number of carbonyl (C=O) groups is 1. The van der Waals surface area contributed by atoms with Crippen molar-refractivity contribution < 1.29 is 9.21 Å². The Hall–Kier alpha value is -2.55. The number of carbonyl (C=O) groups excluding carboxylic acids is 1. The Morgan fingerprint density at radius 3 is 2.65 bits per heavy atom. The van der Waals surface area contributed by atoms with E-state index in [0.717, 1.165) is 43.1 Å². The fourth-order valence-electron chi connectivity index (χ4n) is 3.42. The van der Waals surface area contributed by atoms with Crippen LogP contribution in [-0.2, 0) is 11.2 Å². The molecule has 1 N–H and O–H groups in total. The van der Waals surface area contributed by atoms with Crippen molar-refractivity contribution in [2.24, 2.45) is 0 Å². The summed E-state index contributed by atoms with van der Waals surface area (Å²) in [5, 5.41) is 12.1. The number of likely N-dealkylation sites (N-methyl/N-ethyl adjacent to an activating group) is 1. The number of thioether (sulfide) groups is 1. The molecule has 3 aromatic rings. The van der Waals surface area contributed by atoms with Gasteiger partial charge in [0.05, 0.1) is 28.6 Å². The zero-order chi connectivity index (χ0) is 21.6. The van der Waals surface area contributed by atoms with E-state index in [0.29, 0.717) is 22.6 Å². The number of para-hydroxylation sites is 1. The van der Waals surface area contributed by atoms with Gasteiger partial charge in [-0.15, -0.1) is 10.2 Å². The second-order valence-corrected chi connectivity index (χ2v) is 8.72. The molecule has 1 fully saturated rings. The van der Waals surface area contributed by atoms with Crippen LogP contribution in [0.3, 0.4) is 0 Å². The summed E-state index contributed by atoms with van der Waals surface area (Å²) in [6.45, 7) is 3.64. The molecule has 31 heavy (non-hydrogen) atoms.